The second kappa shape index (κ2) is 11.6. The zero-order valence-corrected chi connectivity index (χ0v) is 23.7. The molecular formula is C26H20I2N2O4S. The fraction of sp³-hybridized carbons (Fsp3) is 0.115. The lowest BCUT2D eigenvalue weighted by molar-refractivity contribution is -0.127. The standard InChI is InChI=1S/C26H20I2N2O4S/c1-16-6-5-9-19(10-16)29-23(31)14-30-25(32)22(35-26(30)33)13-18-11-20(27)24(21(28)12-18)34-15-17-7-3-2-4-8-17/h2-13H,14-15H2,1H3,(H,29,31)/b22-13+. The summed E-state index contributed by atoms with van der Waals surface area (Å²) in [5.74, 6) is -0.134. The molecule has 0 unspecified atom stereocenters. The van der Waals surface area contributed by atoms with Gasteiger partial charge in [-0.3, -0.25) is 19.3 Å². The lowest BCUT2D eigenvalue weighted by atomic mass is 10.2. The van der Waals surface area contributed by atoms with Crippen LogP contribution in [-0.4, -0.2) is 28.5 Å². The van der Waals surface area contributed by atoms with E-state index in [1.165, 1.54) is 0 Å². The molecule has 0 saturated carbocycles. The Morgan fingerprint density at radius 3 is 2.43 bits per heavy atom. The van der Waals surface area contributed by atoms with Crippen molar-refractivity contribution in [1.82, 2.24) is 4.90 Å². The van der Waals surface area contributed by atoms with Crippen LogP contribution in [0.2, 0.25) is 0 Å². The van der Waals surface area contributed by atoms with Crippen LogP contribution >= 0.6 is 56.9 Å². The Hall–Kier alpha value is -2.38. The first-order valence-corrected chi connectivity index (χ1v) is 13.6. The van der Waals surface area contributed by atoms with Crippen molar-refractivity contribution in [1.29, 1.82) is 0 Å². The van der Waals surface area contributed by atoms with E-state index >= 15 is 0 Å². The Balaban J connectivity index is 1.44. The Morgan fingerprint density at radius 1 is 1.03 bits per heavy atom. The van der Waals surface area contributed by atoms with Crippen LogP contribution in [0.25, 0.3) is 6.08 Å². The van der Waals surface area contributed by atoms with Gasteiger partial charge in [-0.25, -0.2) is 0 Å². The molecule has 3 aromatic carbocycles. The zero-order valence-electron chi connectivity index (χ0n) is 18.6. The molecule has 0 bridgehead atoms. The molecular weight excluding hydrogens is 690 g/mol. The van der Waals surface area contributed by atoms with Crippen molar-refractivity contribution >= 4 is 85.8 Å². The van der Waals surface area contributed by atoms with E-state index < -0.39 is 17.1 Å². The number of aryl methyl sites for hydroxylation is 1. The maximum atomic E-state index is 12.9. The molecule has 178 valence electrons. The predicted molar refractivity (Wildman–Crippen MR) is 155 cm³/mol. The highest BCUT2D eigenvalue weighted by Crippen LogP contribution is 2.35. The summed E-state index contributed by atoms with van der Waals surface area (Å²) in [5, 5.41) is 2.27. The van der Waals surface area contributed by atoms with E-state index in [4.69, 9.17) is 4.74 Å². The lowest BCUT2D eigenvalue weighted by Crippen LogP contribution is -2.36. The SMILES string of the molecule is Cc1cccc(NC(=O)CN2C(=O)S/C(=C/c3cc(I)c(OCc4ccccc4)c(I)c3)C2=O)c1. The van der Waals surface area contributed by atoms with E-state index in [9.17, 15) is 14.4 Å². The quantitative estimate of drug-likeness (QED) is 0.225. The molecule has 1 fully saturated rings. The van der Waals surface area contributed by atoms with Gasteiger partial charge in [0.15, 0.2) is 0 Å². The Bertz CT molecular complexity index is 1300. The van der Waals surface area contributed by atoms with Gasteiger partial charge in [-0.05, 0) is 111 Å². The van der Waals surface area contributed by atoms with E-state index in [0.29, 0.717) is 12.3 Å². The van der Waals surface area contributed by atoms with Gasteiger partial charge in [0.05, 0.1) is 12.0 Å². The molecule has 1 saturated heterocycles. The number of anilines is 1. The first-order chi connectivity index (χ1) is 16.8. The predicted octanol–water partition coefficient (Wildman–Crippen LogP) is 6.46. The van der Waals surface area contributed by atoms with Crippen LogP contribution in [-0.2, 0) is 16.2 Å². The molecule has 6 nitrogen and oxygen atoms in total. The Kier molecular flexibility index (Phi) is 8.50. The van der Waals surface area contributed by atoms with Crippen molar-refractivity contribution in [3.8, 4) is 5.75 Å². The Morgan fingerprint density at radius 2 is 1.74 bits per heavy atom. The second-order valence-electron chi connectivity index (χ2n) is 7.77. The minimum atomic E-state index is -0.478. The van der Waals surface area contributed by atoms with Crippen molar-refractivity contribution in [2.24, 2.45) is 0 Å². The average molecular weight is 710 g/mol. The fourth-order valence-electron chi connectivity index (χ4n) is 3.39. The molecule has 0 aliphatic carbocycles. The molecule has 0 radical (unpaired) electrons. The van der Waals surface area contributed by atoms with Crippen LogP contribution < -0.4 is 10.1 Å². The minimum Gasteiger partial charge on any atom is -0.487 e. The first-order valence-electron chi connectivity index (χ1n) is 10.6. The smallest absolute Gasteiger partial charge is 0.294 e. The number of rotatable bonds is 7. The van der Waals surface area contributed by atoms with Crippen molar-refractivity contribution in [3.05, 3.63) is 95.5 Å². The second-order valence-corrected chi connectivity index (χ2v) is 11.1. The third kappa shape index (κ3) is 6.64. The highest BCUT2D eigenvalue weighted by atomic mass is 127. The van der Waals surface area contributed by atoms with Gasteiger partial charge in [0, 0.05) is 5.69 Å². The summed E-state index contributed by atoms with van der Waals surface area (Å²) in [6.45, 7) is 2.04. The lowest BCUT2D eigenvalue weighted by Gasteiger charge is -2.13. The summed E-state index contributed by atoms with van der Waals surface area (Å²) in [6, 6.07) is 21.0. The number of benzene rings is 3. The number of nitrogens with zero attached hydrogens (tertiary/aromatic N) is 1. The maximum absolute atomic E-state index is 12.9. The Labute approximate surface area is 234 Å². The number of halogens is 2. The molecule has 1 aliphatic rings. The summed E-state index contributed by atoms with van der Waals surface area (Å²) < 4.78 is 7.81. The number of thioether (sulfide) groups is 1. The maximum Gasteiger partial charge on any atom is 0.294 e. The number of imide groups is 1. The van der Waals surface area contributed by atoms with Gasteiger partial charge in [-0.15, -0.1) is 0 Å². The van der Waals surface area contributed by atoms with Gasteiger partial charge in [0.25, 0.3) is 11.1 Å². The molecule has 0 aromatic heterocycles. The number of hydrogen-bond acceptors (Lipinski definition) is 5. The summed E-state index contributed by atoms with van der Waals surface area (Å²) in [4.78, 5) is 39.0. The molecule has 35 heavy (non-hydrogen) atoms. The third-order valence-electron chi connectivity index (χ3n) is 5.02. The molecule has 1 aliphatic heterocycles. The fourth-order valence-corrected chi connectivity index (χ4v) is 6.35. The summed E-state index contributed by atoms with van der Waals surface area (Å²) in [6.07, 6.45) is 1.68. The zero-order chi connectivity index (χ0) is 24.9. The van der Waals surface area contributed by atoms with Crippen LogP contribution in [0.4, 0.5) is 10.5 Å². The van der Waals surface area contributed by atoms with E-state index in [-0.39, 0.29) is 11.4 Å². The average Bonchev–Trinajstić information content (AvgIpc) is 3.06. The van der Waals surface area contributed by atoms with E-state index in [1.54, 1.807) is 12.1 Å². The number of amides is 3. The monoisotopic (exact) mass is 710 g/mol. The highest BCUT2D eigenvalue weighted by Gasteiger charge is 2.36. The van der Waals surface area contributed by atoms with E-state index in [0.717, 1.165) is 46.2 Å². The highest BCUT2D eigenvalue weighted by molar-refractivity contribution is 14.1. The van der Waals surface area contributed by atoms with Crippen molar-refractivity contribution in [2.75, 3.05) is 11.9 Å². The van der Waals surface area contributed by atoms with Crippen LogP contribution in [0.15, 0.2) is 71.6 Å². The number of carbonyl (C=O) groups is 3. The number of carbonyl (C=O) groups excluding carboxylic acids is 3. The summed E-state index contributed by atoms with van der Waals surface area (Å²) in [7, 11) is 0. The number of nitrogens with one attached hydrogen (secondary N) is 1. The minimum absolute atomic E-state index is 0.280. The first kappa shape index (κ1) is 25.7. The molecule has 1 heterocycles. The van der Waals surface area contributed by atoms with Crippen LogP contribution in [0.3, 0.4) is 0 Å². The van der Waals surface area contributed by atoms with Crippen LogP contribution in [0, 0.1) is 14.1 Å². The molecule has 0 spiro atoms. The summed E-state index contributed by atoms with van der Waals surface area (Å²) >= 11 is 5.24. The molecule has 4 rings (SSSR count). The molecule has 0 atom stereocenters. The van der Waals surface area contributed by atoms with Crippen molar-refractivity contribution < 1.29 is 19.1 Å². The third-order valence-corrected chi connectivity index (χ3v) is 7.53. The van der Waals surface area contributed by atoms with Gasteiger partial charge in [-0.2, -0.15) is 0 Å². The van der Waals surface area contributed by atoms with Gasteiger partial charge in [0.2, 0.25) is 5.91 Å². The van der Waals surface area contributed by atoms with Crippen molar-refractivity contribution in [3.63, 3.8) is 0 Å². The van der Waals surface area contributed by atoms with E-state index in [1.807, 2.05) is 67.6 Å². The molecule has 1 N–H and O–H groups in total. The molecule has 9 heteroatoms. The number of ether oxygens (including phenoxy) is 1. The van der Waals surface area contributed by atoms with E-state index in [2.05, 4.69) is 50.5 Å². The largest absolute Gasteiger partial charge is 0.487 e. The van der Waals surface area contributed by atoms with Crippen LogP contribution in [0.5, 0.6) is 5.75 Å². The number of hydrogen-bond donors (Lipinski definition) is 1. The normalized spacial score (nSPS) is 14.5. The van der Waals surface area contributed by atoms with Crippen LogP contribution in [0.1, 0.15) is 16.7 Å². The topological polar surface area (TPSA) is 75.7 Å². The molecule has 3 aromatic rings. The van der Waals surface area contributed by atoms with Gasteiger partial charge in [-0.1, -0.05) is 42.5 Å². The van der Waals surface area contributed by atoms with Gasteiger partial charge in [0.1, 0.15) is 18.9 Å². The summed E-state index contributed by atoms with van der Waals surface area (Å²) in [5.41, 5.74) is 3.47. The van der Waals surface area contributed by atoms with Gasteiger partial charge < -0.3 is 10.1 Å². The van der Waals surface area contributed by atoms with Crippen molar-refractivity contribution in [2.45, 2.75) is 13.5 Å². The molecule has 3 amide bonds. The van der Waals surface area contributed by atoms with Gasteiger partial charge >= 0.3 is 0 Å².